The molecule has 0 unspecified atom stereocenters. The third kappa shape index (κ3) is 5.24. The van der Waals surface area contributed by atoms with Gasteiger partial charge in [-0.2, -0.15) is 0 Å². The lowest BCUT2D eigenvalue weighted by molar-refractivity contribution is -0.162. The first-order valence-corrected chi connectivity index (χ1v) is 21.6. The van der Waals surface area contributed by atoms with Gasteiger partial charge in [0.25, 0.3) is 0 Å². The molecule has 1 heterocycles. The summed E-state index contributed by atoms with van der Waals surface area (Å²) in [6, 6.07) is 2.14. The molecule has 2 aliphatic carbocycles. The lowest BCUT2D eigenvalue weighted by Gasteiger charge is -2.63. The van der Waals surface area contributed by atoms with Crippen molar-refractivity contribution in [1.29, 1.82) is 0 Å². The van der Waals surface area contributed by atoms with Crippen molar-refractivity contribution >= 4 is 28.2 Å². The second-order valence-electron chi connectivity index (χ2n) is 17.3. The summed E-state index contributed by atoms with van der Waals surface area (Å²) in [4.78, 5) is 0. The van der Waals surface area contributed by atoms with Crippen molar-refractivity contribution in [3.8, 4) is 17.2 Å². The Bertz CT molecular complexity index is 1110. The predicted molar refractivity (Wildman–Crippen MR) is 172 cm³/mol. The van der Waals surface area contributed by atoms with E-state index in [2.05, 4.69) is 101 Å². The fraction of sp³-hybridized carbons (Fsp3) is 0.818. The molecule has 0 N–H and O–H groups in total. The molecular formula is C33H57ClO3Si2-2. The molecule has 39 heavy (non-hydrogen) atoms. The molecule has 0 amide bonds. The summed E-state index contributed by atoms with van der Waals surface area (Å²) >= 11 is 7.44. The highest BCUT2D eigenvalue weighted by Gasteiger charge is 2.60. The summed E-state index contributed by atoms with van der Waals surface area (Å²) in [5.74, 6) is 3.58. The number of hydrogen-bond acceptors (Lipinski definition) is 3. The van der Waals surface area contributed by atoms with Gasteiger partial charge in [0.05, 0.1) is 5.02 Å². The molecule has 1 aromatic rings. The Labute approximate surface area is 247 Å². The van der Waals surface area contributed by atoms with Gasteiger partial charge in [-0.3, -0.25) is 0 Å². The molecule has 0 aromatic heterocycles. The van der Waals surface area contributed by atoms with Gasteiger partial charge in [-0.1, -0.05) is 80.3 Å². The van der Waals surface area contributed by atoms with Gasteiger partial charge < -0.3 is 13.6 Å². The third-order valence-electron chi connectivity index (χ3n) is 12.1. The summed E-state index contributed by atoms with van der Waals surface area (Å²) in [7, 11) is -4.33. The van der Waals surface area contributed by atoms with Crippen LogP contribution in [0.2, 0.25) is 41.3 Å². The van der Waals surface area contributed by atoms with Gasteiger partial charge in [-0.05, 0) is 55.8 Å². The van der Waals surface area contributed by atoms with E-state index in [1.165, 1.54) is 25.7 Å². The molecule has 1 aliphatic heterocycles. The summed E-state index contributed by atoms with van der Waals surface area (Å²) < 4.78 is 21.1. The van der Waals surface area contributed by atoms with Crippen molar-refractivity contribution < 1.29 is 13.6 Å². The lowest BCUT2D eigenvalue weighted by Crippen LogP contribution is -2.61. The van der Waals surface area contributed by atoms with Crippen LogP contribution >= 0.6 is 11.6 Å². The lowest BCUT2D eigenvalue weighted by atomic mass is 9.44. The van der Waals surface area contributed by atoms with E-state index in [1.807, 2.05) is 0 Å². The largest absolute Gasteiger partial charge is 0.686 e. The fourth-order valence-electron chi connectivity index (χ4n) is 7.55. The Hall–Kier alpha value is -0.656. The van der Waals surface area contributed by atoms with Crippen LogP contribution in [0.4, 0.5) is 0 Å². The highest BCUT2D eigenvalue weighted by atomic mass is 35.5. The SMILES string of the molecule is CC1(C)CCC[C@]2(C)[C@H]3Cc4c(cc(O[Si-](C)(C)C(C)(C)C)c(O[Si-](C)(C)C(C)(C)C)c4Cl)O[C@]3(C)CC[C@@H]12. The van der Waals surface area contributed by atoms with Gasteiger partial charge in [0.15, 0.2) is 0 Å². The number of halogens is 1. The number of rotatable bonds is 4. The van der Waals surface area contributed by atoms with Gasteiger partial charge in [0, 0.05) is 34.2 Å². The number of benzene rings is 1. The zero-order valence-corrected chi connectivity index (χ0v) is 30.3. The Kier molecular flexibility index (Phi) is 7.56. The van der Waals surface area contributed by atoms with Gasteiger partial charge in [0.1, 0.15) is 22.8 Å². The number of ether oxygens (including phenoxy) is 1. The highest BCUT2D eigenvalue weighted by Crippen LogP contribution is 2.65. The second-order valence-corrected chi connectivity index (χ2v) is 27.2. The molecule has 0 spiro atoms. The van der Waals surface area contributed by atoms with Gasteiger partial charge >= 0.3 is 0 Å². The monoisotopic (exact) mass is 592 g/mol. The fourth-order valence-corrected chi connectivity index (χ4v) is 9.94. The summed E-state index contributed by atoms with van der Waals surface area (Å²) in [5, 5.41) is 0.823. The van der Waals surface area contributed by atoms with Crippen molar-refractivity contribution in [2.75, 3.05) is 0 Å². The van der Waals surface area contributed by atoms with E-state index in [-0.39, 0.29) is 21.1 Å². The molecule has 3 aliphatic rings. The molecule has 0 saturated heterocycles. The van der Waals surface area contributed by atoms with Crippen LogP contribution in [0.15, 0.2) is 6.07 Å². The zero-order chi connectivity index (χ0) is 29.6. The van der Waals surface area contributed by atoms with Gasteiger partial charge in [-0.25, -0.2) is 0 Å². The minimum atomic E-state index is -2.18. The third-order valence-corrected chi connectivity index (χ3v) is 21.1. The van der Waals surface area contributed by atoms with E-state index in [0.717, 1.165) is 35.7 Å². The maximum atomic E-state index is 7.44. The molecule has 4 rings (SSSR count). The Balaban J connectivity index is 1.85. The van der Waals surface area contributed by atoms with Crippen molar-refractivity contribution in [2.45, 2.75) is 150 Å². The minimum absolute atomic E-state index is 0.0489. The van der Waals surface area contributed by atoms with Crippen LogP contribution in [-0.2, 0) is 6.42 Å². The van der Waals surface area contributed by atoms with E-state index >= 15 is 0 Å². The van der Waals surface area contributed by atoms with Crippen molar-refractivity contribution in [3.63, 3.8) is 0 Å². The van der Waals surface area contributed by atoms with Crippen LogP contribution in [0.3, 0.4) is 0 Å². The standard InChI is InChI=1S/C33H57ClO3Si2/c1-29(2,3)38(11,12)36-24-21-23-22(27(34)28(24)37-39(13,14)30(4,5)6)20-26-32(9)18-15-17-31(7,8)25(32)16-19-33(26,10)35-23/h21,25-26H,15-20H2,1-14H3/q-2/t25-,26+,32-,33+/m0/s1. The molecule has 3 nitrogen and oxygen atoms in total. The van der Waals surface area contributed by atoms with E-state index in [1.54, 1.807) is 0 Å². The minimum Gasteiger partial charge on any atom is -0.686 e. The normalized spacial score (nSPS) is 30.9. The smallest absolute Gasteiger partial charge is 0.131 e. The maximum absolute atomic E-state index is 7.44. The van der Waals surface area contributed by atoms with Gasteiger partial charge in [0.2, 0.25) is 0 Å². The topological polar surface area (TPSA) is 27.7 Å². The Morgan fingerprint density at radius 3 is 1.97 bits per heavy atom. The molecular weight excluding hydrogens is 536 g/mol. The van der Waals surface area contributed by atoms with E-state index in [4.69, 9.17) is 25.2 Å². The quantitative estimate of drug-likeness (QED) is 0.325. The van der Waals surface area contributed by atoms with Crippen LogP contribution in [0.1, 0.15) is 107 Å². The van der Waals surface area contributed by atoms with Crippen LogP contribution in [0.5, 0.6) is 17.2 Å². The average molecular weight is 593 g/mol. The average Bonchev–Trinajstić information content (AvgIpc) is 2.73. The van der Waals surface area contributed by atoms with Crippen LogP contribution < -0.4 is 13.6 Å². The summed E-state index contributed by atoms with van der Waals surface area (Å²) in [6.45, 7) is 32.8. The molecule has 0 radical (unpaired) electrons. The predicted octanol–water partition coefficient (Wildman–Crippen LogP) is 11.0. The second kappa shape index (κ2) is 9.42. The first kappa shape index (κ1) is 31.3. The van der Waals surface area contributed by atoms with E-state index in [9.17, 15) is 0 Å². The molecule has 0 bridgehead atoms. The van der Waals surface area contributed by atoms with Crippen molar-refractivity contribution in [3.05, 3.63) is 16.7 Å². The Morgan fingerprint density at radius 1 is 0.846 bits per heavy atom. The van der Waals surface area contributed by atoms with Crippen LogP contribution in [0, 0.1) is 22.7 Å². The first-order chi connectivity index (χ1) is 17.5. The first-order valence-electron chi connectivity index (χ1n) is 15.4. The van der Waals surface area contributed by atoms with Crippen LogP contribution in [-0.4, -0.2) is 22.2 Å². The summed E-state index contributed by atoms with van der Waals surface area (Å²) in [5.41, 5.74) is 1.55. The molecule has 1 aromatic carbocycles. The molecule has 4 atom stereocenters. The summed E-state index contributed by atoms with van der Waals surface area (Å²) in [6.07, 6.45) is 7.18. The maximum Gasteiger partial charge on any atom is 0.131 e. The Morgan fingerprint density at radius 2 is 1.41 bits per heavy atom. The van der Waals surface area contributed by atoms with Crippen molar-refractivity contribution in [2.24, 2.45) is 22.7 Å². The number of hydrogen-bond donors (Lipinski definition) is 0. The zero-order valence-electron chi connectivity index (χ0n) is 27.6. The van der Waals surface area contributed by atoms with E-state index < -0.39 is 16.6 Å². The molecule has 6 heteroatoms. The molecule has 2 saturated carbocycles. The molecule has 224 valence electrons. The molecule has 2 fully saturated rings. The number of fused-ring (bicyclic) bond motifs is 4. The van der Waals surface area contributed by atoms with Crippen molar-refractivity contribution in [1.82, 2.24) is 0 Å². The van der Waals surface area contributed by atoms with Crippen LogP contribution in [0.25, 0.3) is 0 Å². The van der Waals surface area contributed by atoms with Gasteiger partial charge in [-0.15, -0.1) is 36.3 Å². The van der Waals surface area contributed by atoms with E-state index in [0.29, 0.717) is 22.3 Å². The highest BCUT2D eigenvalue weighted by molar-refractivity contribution is 6.75.